The van der Waals surface area contributed by atoms with Crippen LogP contribution in [-0.2, 0) is 6.54 Å². The predicted molar refractivity (Wildman–Crippen MR) is 73.3 cm³/mol. The number of benzene rings is 1. The third-order valence-electron chi connectivity index (χ3n) is 2.76. The number of aryl methyl sites for hydroxylation is 1. The summed E-state index contributed by atoms with van der Waals surface area (Å²) >= 11 is 3.54. The first-order valence-electron chi connectivity index (χ1n) is 5.75. The van der Waals surface area contributed by atoms with E-state index in [9.17, 15) is 4.79 Å². The van der Waals surface area contributed by atoms with Crippen molar-refractivity contribution in [1.29, 1.82) is 0 Å². The average molecular weight is 295 g/mol. The number of fused-ring (bicyclic) bond motifs is 1. The Kier molecular flexibility index (Phi) is 3.52. The molecule has 1 aromatic heterocycles. The molecule has 0 saturated heterocycles. The minimum atomic E-state index is -0.0162. The molecule has 0 radical (unpaired) electrons. The lowest BCUT2D eigenvalue weighted by atomic mass is 10.2. The minimum Gasteiger partial charge on any atom is -0.351 e. The Labute approximate surface area is 109 Å². The van der Waals surface area contributed by atoms with Gasteiger partial charge in [0.05, 0.1) is 5.52 Å². The number of hydrogen-bond donors (Lipinski definition) is 1. The van der Waals surface area contributed by atoms with Gasteiger partial charge < -0.3 is 9.88 Å². The lowest BCUT2D eigenvalue weighted by Crippen LogP contribution is -2.25. The van der Waals surface area contributed by atoms with Crippen LogP contribution in [-0.4, -0.2) is 17.0 Å². The van der Waals surface area contributed by atoms with Gasteiger partial charge in [-0.25, -0.2) is 0 Å². The number of amides is 1. The van der Waals surface area contributed by atoms with E-state index in [4.69, 9.17) is 0 Å². The molecule has 0 atom stereocenters. The predicted octanol–water partition coefficient (Wildman–Crippen LogP) is 3.17. The van der Waals surface area contributed by atoms with Gasteiger partial charge in [0.2, 0.25) is 0 Å². The highest BCUT2D eigenvalue weighted by Crippen LogP contribution is 2.27. The Morgan fingerprint density at radius 3 is 2.82 bits per heavy atom. The minimum absolute atomic E-state index is 0.0162. The third-order valence-corrected chi connectivity index (χ3v) is 3.40. The Morgan fingerprint density at radius 1 is 1.41 bits per heavy atom. The van der Waals surface area contributed by atoms with Crippen molar-refractivity contribution in [3.63, 3.8) is 0 Å². The van der Waals surface area contributed by atoms with Crippen LogP contribution in [0.4, 0.5) is 0 Å². The second-order valence-electron chi connectivity index (χ2n) is 3.81. The highest BCUT2D eigenvalue weighted by molar-refractivity contribution is 9.10. The number of aromatic nitrogens is 1. The summed E-state index contributed by atoms with van der Waals surface area (Å²) in [5.41, 5.74) is 1.80. The maximum atomic E-state index is 12.0. The lowest BCUT2D eigenvalue weighted by molar-refractivity contribution is 0.0947. The molecule has 90 valence electrons. The zero-order chi connectivity index (χ0) is 12.4. The van der Waals surface area contributed by atoms with Crippen LogP contribution in [0.15, 0.2) is 28.7 Å². The van der Waals surface area contributed by atoms with Crippen molar-refractivity contribution in [1.82, 2.24) is 9.88 Å². The average Bonchev–Trinajstić information content (AvgIpc) is 2.69. The number of rotatable bonds is 3. The molecule has 0 unspecified atom stereocenters. The van der Waals surface area contributed by atoms with Gasteiger partial charge in [0, 0.05) is 22.9 Å². The van der Waals surface area contributed by atoms with Gasteiger partial charge in [-0.3, -0.25) is 4.79 Å². The zero-order valence-corrected chi connectivity index (χ0v) is 11.5. The number of nitrogens with one attached hydrogen (secondary N) is 1. The Hall–Kier alpha value is -1.29. The quantitative estimate of drug-likeness (QED) is 0.927. The lowest BCUT2D eigenvalue weighted by Gasteiger charge is -2.08. The first kappa shape index (κ1) is 12.2. The molecule has 0 saturated carbocycles. The first-order chi connectivity index (χ1) is 8.19. The van der Waals surface area contributed by atoms with Crippen molar-refractivity contribution in [2.75, 3.05) is 6.54 Å². The van der Waals surface area contributed by atoms with Crippen molar-refractivity contribution >= 4 is 32.7 Å². The van der Waals surface area contributed by atoms with Gasteiger partial charge in [-0.15, -0.1) is 0 Å². The molecule has 0 spiro atoms. The summed E-state index contributed by atoms with van der Waals surface area (Å²) in [4.78, 5) is 12.0. The standard InChI is InChI=1S/C13H15BrN2O/c1-3-15-13(17)11-8-9-6-5-7-10(14)12(9)16(11)4-2/h5-8H,3-4H2,1-2H3,(H,15,17). The summed E-state index contributed by atoms with van der Waals surface area (Å²) in [6.07, 6.45) is 0. The molecule has 0 aliphatic carbocycles. The van der Waals surface area contributed by atoms with E-state index >= 15 is 0 Å². The zero-order valence-electron chi connectivity index (χ0n) is 9.96. The summed E-state index contributed by atoms with van der Waals surface area (Å²) in [5, 5.41) is 3.93. The summed E-state index contributed by atoms with van der Waals surface area (Å²) in [7, 11) is 0. The van der Waals surface area contributed by atoms with Crippen LogP contribution in [0.25, 0.3) is 10.9 Å². The normalized spacial score (nSPS) is 10.8. The highest BCUT2D eigenvalue weighted by atomic mass is 79.9. The second-order valence-corrected chi connectivity index (χ2v) is 4.67. The molecule has 3 nitrogen and oxygen atoms in total. The van der Waals surface area contributed by atoms with Gasteiger partial charge >= 0.3 is 0 Å². The molecule has 1 N–H and O–H groups in total. The van der Waals surface area contributed by atoms with Crippen LogP contribution in [0.3, 0.4) is 0 Å². The van der Waals surface area contributed by atoms with E-state index in [1.165, 1.54) is 0 Å². The third kappa shape index (κ3) is 2.09. The topological polar surface area (TPSA) is 34.0 Å². The fourth-order valence-corrected chi connectivity index (χ4v) is 2.64. The molecule has 2 rings (SSSR count). The number of carbonyl (C=O) groups excluding carboxylic acids is 1. The van der Waals surface area contributed by atoms with E-state index in [1.54, 1.807) is 0 Å². The molecule has 4 heteroatoms. The summed E-state index contributed by atoms with van der Waals surface area (Å²) in [6, 6.07) is 7.94. The molecule has 1 aromatic carbocycles. The van der Waals surface area contributed by atoms with Gasteiger partial charge in [-0.05, 0) is 41.9 Å². The molecule has 2 aromatic rings. The molecule has 0 aliphatic heterocycles. The van der Waals surface area contributed by atoms with Gasteiger partial charge in [-0.1, -0.05) is 12.1 Å². The van der Waals surface area contributed by atoms with Crippen molar-refractivity contribution < 1.29 is 4.79 Å². The maximum absolute atomic E-state index is 12.0. The van der Waals surface area contributed by atoms with Gasteiger partial charge in [0.25, 0.3) is 5.91 Å². The molecule has 1 amide bonds. The molecular formula is C13H15BrN2O. The molecule has 0 fully saturated rings. The number of nitrogens with zero attached hydrogens (tertiary/aromatic N) is 1. The number of para-hydroxylation sites is 1. The fourth-order valence-electron chi connectivity index (χ4n) is 2.05. The molecular weight excluding hydrogens is 280 g/mol. The van der Waals surface area contributed by atoms with Crippen LogP contribution < -0.4 is 5.32 Å². The van der Waals surface area contributed by atoms with Crippen LogP contribution in [0.5, 0.6) is 0 Å². The van der Waals surface area contributed by atoms with E-state index in [0.717, 1.165) is 27.6 Å². The molecule has 0 bridgehead atoms. The SMILES string of the molecule is CCNC(=O)c1cc2cccc(Br)c2n1CC. The summed E-state index contributed by atoms with van der Waals surface area (Å²) < 4.78 is 3.05. The molecule has 0 aliphatic rings. The highest BCUT2D eigenvalue weighted by Gasteiger charge is 2.15. The smallest absolute Gasteiger partial charge is 0.267 e. The maximum Gasteiger partial charge on any atom is 0.267 e. The molecule has 17 heavy (non-hydrogen) atoms. The summed E-state index contributed by atoms with van der Waals surface area (Å²) in [6.45, 7) is 5.39. The monoisotopic (exact) mass is 294 g/mol. The Balaban J connectivity index is 2.64. The van der Waals surface area contributed by atoms with Crippen LogP contribution >= 0.6 is 15.9 Å². The first-order valence-corrected chi connectivity index (χ1v) is 6.54. The van der Waals surface area contributed by atoms with Crippen LogP contribution in [0.1, 0.15) is 24.3 Å². The Morgan fingerprint density at radius 2 is 2.18 bits per heavy atom. The van der Waals surface area contributed by atoms with Crippen LogP contribution in [0.2, 0.25) is 0 Å². The van der Waals surface area contributed by atoms with E-state index in [-0.39, 0.29) is 5.91 Å². The van der Waals surface area contributed by atoms with E-state index in [0.29, 0.717) is 6.54 Å². The van der Waals surface area contributed by atoms with Crippen molar-refractivity contribution in [3.05, 3.63) is 34.4 Å². The van der Waals surface area contributed by atoms with E-state index < -0.39 is 0 Å². The summed E-state index contributed by atoms with van der Waals surface area (Å²) in [5.74, 6) is -0.0162. The fraction of sp³-hybridized carbons (Fsp3) is 0.308. The van der Waals surface area contributed by atoms with Crippen molar-refractivity contribution in [3.8, 4) is 0 Å². The van der Waals surface area contributed by atoms with Crippen molar-refractivity contribution in [2.45, 2.75) is 20.4 Å². The molecule has 1 heterocycles. The van der Waals surface area contributed by atoms with Gasteiger partial charge in [0.1, 0.15) is 5.69 Å². The van der Waals surface area contributed by atoms with E-state index in [2.05, 4.69) is 21.2 Å². The number of hydrogen-bond acceptors (Lipinski definition) is 1. The van der Waals surface area contributed by atoms with E-state index in [1.807, 2.05) is 42.7 Å². The largest absolute Gasteiger partial charge is 0.351 e. The van der Waals surface area contributed by atoms with Gasteiger partial charge in [-0.2, -0.15) is 0 Å². The second kappa shape index (κ2) is 4.92. The van der Waals surface area contributed by atoms with Gasteiger partial charge in [0.15, 0.2) is 0 Å². The number of halogens is 1. The van der Waals surface area contributed by atoms with Crippen molar-refractivity contribution in [2.24, 2.45) is 0 Å². The Bertz CT molecular complexity index is 560. The van der Waals surface area contributed by atoms with Crippen LogP contribution in [0, 0.1) is 0 Å². The number of carbonyl (C=O) groups is 1.